The molecule has 1 aromatic rings. The standard InChI is InChI=1S/C6H6O.C4H9N3O2/c7-6-4-2-1-3-5-6;5-2(4(7)9)1-3(6)8/h1-5,7H;2H,1,5H2,(H2,6,8)(H2,7,9). The van der Waals surface area contributed by atoms with Gasteiger partial charge in [0.1, 0.15) is 5.75 Å². The second-order valence-electron chi connectivity index (χ2n) is 3.01. The predicted octanol–water partition coefficient (Wildman–Crippen LogP) is -0.933. The Morgan fingerprint density at radius 1 is 1.19 bits per heavy atom. The van der Waals surface area contributed by atoms with Crippen molar-refractivity contribution in [2.24, 2.45) is 17.2 Å². The van der Waals surface area contributed by atoms with Crippen LogP contribution in [0.3, 0.4) is 0 Å². The smallest absolute Gasteiger partial charge is 0.234 e. The van der Waals surface area contributed by atoms with Crippen LogP contribution in [0.4, 0.5) is 0 Å². The minimum absolute atomic E-state index is 0.185. The summed E-state index contributed by atoms with van der Waals surface area (Å²) < 4.78 is 0. The molecule has 6 nitrogen and oxygen atoms in total. The van der Waals surface area contributed by atoms with E-state index in [4.69, 9.17) is 22.3 Å². The zero-order valence-corrected chi connectivity index (χ0v) is 8.67. The van der Waals surface area contributed by atoms with Gasteiger partial charge in [0, 0.05) is 0 Å². The van der Waals surface area contributed by atoms with E-state index in [1.807, 2.05) is 6.07 Å². The molecule has 0 aromatic heterocycles. The number of nitrogens with two attached hydrogens (primary N) is 3. The van der Waals surface area contributed by atoms with Crippen LogP contribution in [0, 0.1) is 0 Å². The van der Waals surface area contributed by atoms with Gasteiger partial charge >= 0.3 is 0 Å². The molecular weight excluding hydrogens is 210 g/mol. The summed E-state index contributed by atoms with van der Waals surface area (Å²) in [5.41, 5.74) is 14.5. The second kappa shape index (κ2) is 7.24. The van der Waals surface area contributed by atoms with Crippen molar-refractivity contribution in [2.45, 2.75) is 12.5 Å². The Morgan fingerprint density at radius 2 is 1.69 bits per heavy atom. The average molecular weight is 225 g/mol. The fraction of sp³-hybridized carbons (Fsp3) is 0.200. The second-order valence-corrected chi connectivity index (χ2v) is 3.01. The van der Waals surface area contributed by atoms with Crippen LogP contribution in [0.1, 0.15) is 6.42 Å². The maximum Gasteiger partial charge on any atom is 0.234 e. The number of primary amides is 2. The summed E-state index contributed by atoms with van der Waals surface area (Å²) in [5.74, 6) is -1.02. The first-order valence-corrected chi connectivity index (χ1v) is 4.50. The van der Waals surface area contributed by atoms with E-state index >= 15 is 0 Å². The van der Waals surface area contributed by atoms with Gasteiger partial charge in [-0.3, -0.25) is 9.59 Å². The summed E-state index contributed by atoms with van der Waals surface area (Å²) in [6.45, 7) is 0. The third kappa shape index (κ3) is 7.34. The van der Waals surface area contributed by atoms with E-state index in [9.17, 15) is 9.59 Å². The number of amides is 2. The van der Waals surface area contributed by atoms with Crippen LogP contribution in [0.15, 0.2) is 30.3 Å². The molecule has 0 spiro atoms. The third-order valence-corrected chi connectivity index (χ3v) is 1.54. The molecule has 0 saturated carbocycles. The molecule has 0 aliphatic rings. The van der Waals surface area contributed by atoms with Crippen molar-refractivity contribution in [3.05, 3.63) is 30.3 Å². The Bertz CT molecular complexity index is 340. The van der Waals surface area contributed by atoms with E-state index in [0.29, 0.717) is 5.75 Å². The fourth-order valence-corrected chi connectivity index (χ4v) is 0.745. The van der Waals surface area contributed by atoms with Crippen molar-refractivity contribution in [1.82, 2.24) is 0 Å². The summed E-state index contributed by atoms with van der Waals surface area (Å²) in [6.07, 6.45) is -0.185. The largest absolute Gasteiger partial charge is 0.508 e. The van der Waals surface area contributed by atoms with Gasteiger partial charge in [-0.15, -0.1) is 0 Å². The van der Waals surface area contributed by atoms with Gasteiger partial charge in [-0.25, -0.2) is 0 Å². The molecule has 0 aliphatic heterocycles. The topological polar surface area (TPSA) is 132 Å². The number of benzene rings is 1. The number of aromatic hydroxyl groups is 1. The van der Waals surface area contributed by atoms with Crippen molar-refractivity contribution in [3.63, 3.8) is 0 Å². The number of rotatable bonds is 3. The van der Waals surface area contributed by atoms with Crippen LogP contribution in [0.25, 0.3) is 0 Å². The van der Waals surface area contributed by atoms with Crippen molar-refractivity contribution in [3.8, 4) is 5.75 Å². The lowest BCUT2D eigenvalue weighted by Gasteiger charge is -2.01. The molecule has 88 valence electrons. The Balaban J connectivity index is 0.000000288. The molecule has 0 bridgehead atoms. The monoisotopic (exact) mass is 225 g/mol. The highest BCUT2D eigenvalue weighted by atomic mass is 16.3. The summed E-state index contributed by atoms with van der Waals surface area (Å²) >= 11 is 0. The van der Waals surface area contributed by atoms with Crippen molar-refractivity contribution >= 4 is 11.8 Å². The number of carbonyl (C=O) groups is 2. The molecule has 0 radical (unpaired) electrons. The normalized spacial score (nSPS) is 10.8. The van der Waals surface area contributed by atoms with E-state index in [1.165, 1.54) is 0 Å². The first-order valence-electron chi connectivity index (χ1n) is 4.50. The van der Waals surface area contributed by atoms with E-state index in [0.717, 1.165) is 0 Å². The first-order chi connectivity index (χ1) is 7.43. The lowest BCUT2D eigenvalue weighted by Crippen LogP contribution is -2.39. The zero-order chi connectivity index (χ0) is 12.6. The highest BCUT2D eigenvalue weighted by Gasteiger charge is 2.10. The molecule has 2 amide bonds. The lowest BCUT2D eigenvalue weighted by atomic mass is 10.2. The minimum atomic E-state index is -0.942. The van der Waals surface area contributed by atoms with E-state index in [2.05, 4.69) is 0 Å². The SMILES string of the molecule is NC(=O)CC(N)C(N)=O.Oc1ccccc1. The van der Waals surface area contributed by atoms with Gasteiger partial charge in [-0.1, -0.05) is 18.2 Å². The summed E-state index contributed by atoms with van der Waals surface area (Å²) in [4.78, 5) is 20.2. The first kappa shape index (κ1) is 13.9. The maximum absolute atomic E-state index is 10.1. The van der Waals surface area contributed by atoms with Crippen LogP contribution in [0.5, 0.6) is 5.75 Å². The molecule has 1 atom stereocenters. The van der Waals surface area contributed by atoms with Gasteiger partial charge < -0.3 is 22.3 Å². The van der Waals surface area contributed by atoms with Crippen LogP contribution in [-0.2, 0) is 9.59 Å². The number of hydrogen-bond donors (Lipinski definition) is 4. The average Bonchev–Trinajstić information content (AvgIpc) is 2.18. The van der Waals surface area contributed by atoms with Crippen LogP contribution < -0.4 is 17.2 Å². The number of carbonyl (C=O) groups excluding carboxylic acids is 2. The van der Waals surface area contributed by atoms with Gasteiger partial charge in [-0.05, 0) is 12.1 Å². The van der Waals surface area contributed by atoms with Gasteiger partial charge in [-0.2, -0.15) is 0 Å². The number of hydrogen-bond acceptors (Lipinski definition) is 4. The molecule has 16 heavy (non-hydrogen) atoms. The van der Waals surface area contributed by atoms with Gasteiger partial charge in [0.05, 0.1) is 12.5 Å². The third-order valence-electron chi connectivity index (χ3n) is 1.54. The van der Waals surface area contributed by atoms with Crippen molar-refractivity contribution in [2.75, 3.05) is 0 Å². The molecule has 6 heteroatoms. The summed E-state index contributed by atoms with van der Waals surface area (Å²) in [5, 5.41) is 8.63. The highest BCUT2D eigenvalue weighted by Crippen LogP contribution is 2.02. The quantitative estimate of drug-likeness (QED) is 0.528. The number of phenols is 1. The molecule has 1 aromatic carbocycles. The van der Waals surface area contributed by atoms with Crippen LogP contribution in [-0.4, -0.2) is 23.0 Å². The maximum atomic E-state index is 10.1. The van der Waals surface area contributed by atoms with Gasteiger partial charge in [0.25, 0.3) is 0 Å². The van der Waals surface area contributed by atoms with E-state index < -0.39 is 17.9 Å². The van der Waals surface area contributed by atoms with Crippen LogP contribution >= 0.6 is 0 Å². The zero-order valence-electron chi connectivity index (χ0n) is 8.67. The van der Waals surface area contributed by atoms with E-state index in [-0.39, 0.29) is 6.42 Å². The van der Waals surface area contributed by atoms with Crippen LogP contribution in [0.2, 0.25) is 0 Å². The Hall–Kier alpha value is -2.08. The molecule has 7 N–H and O–H groups in total. The minimum Gasteiger partial charge on any atom is -0.508 e. The fourth-order valence-electron chi connectivity index (χ4n) is 0.745. The van der Waals surface area contributed by atoms with Crippen molar-refractivity contribution < 1.29 is 14.7 Å². The Kier molecular flexibility index (Phi) is 6.30. The summed E-state index contributed by atoms with van der Waals surface area (Å²) in [7, 11) is 0. The molecule has 0 fully saturated rings. The van der Waals surface area contributed by atoms with Gasteiger partial charge in [0.15, 0.2) is 0 Å². The Labute approximate surface area is 93.0 Å². The predicted molar refractivity (Wildman–Crippen MR) is 59.1 cm³/mol. The molecule has 0 aliphatic carbocycles. The van der Waals surface area contributed by atoms with Gasteiger partial charge in [0.2, 0.25) is 11.8 Å². The van der Waals surface area contributed by atoms with Crippen molar-refractivity contribution in [1.29, 1.82) is 0 Å². The number of para-hydroxylation sites is 1. The number of phenolic OH excluding ortho intramolecular Hbond substituents is 1. The lowest BCUT2D eigenvalue weighted by molar-refractivity contribution is -0.124. The molecule has 1 unspecified atom stereocenters. The summed E-state index contributed by atoms with van der Waals surface area (Å²) in [6, 6.07) is 7.77. The molecule has 1 rings (SSSR count). The molecular formula is C10H15N3O3. The molecule has 0 heterocycles. The molecule has 0 saturated heterocycles. The highest BCUT2D eigenvalue weighted by molar-refractivity contribution is 5.86. The van der Waals surface area contributed by atoms with E-state index in [1.54, 1.807) is 24.3 Å². The Morgan fingerprint density at radius 3 is 1.88 bits per heavy atom.